The molecule has 4 nitrogen and oxygen atoms in total. The first-order chi connectivity index (χ1) is 8.69. The largest absolute Gasteiger partial charge is 0.384 e. The zero-order chi connectivity index (χ0) is 13.4. The van der Waals surface area contributed by atoms with Crippen molar-refractivity contribution in [3.05, 3.63) is 35.4 Å². The summed E-state index contributed by atoms with van der Waals surface area (Å²) in [5, 5.41) is 0. The molecule has 0 aliphatic carbocycles. The van der Waals surface area contributed by atoms with E-state index < -0.39 is 0 Å². The summed E-state index contributed by atoms with van der Waals surface area (Å²) in [4.78, 5) is 11.4. The molecule has 0 aromatic heterocycles. The minimum atomic E-state index is -0.217. The summed E-state index contributed by atoms with van der Waals surface area (Å²) in [6, 6.07) is 8.06. The second-order valence-corrected chi connectivity index (χ2v) is 5.12. The van der Waals surface area contributed by atoms with Gasteiger partial charge >= 0.3 is 0 Å². The maximum Gasteiger partial charge on any atom is 0.241 e. The number of nitrogens with two attached hydrogens (primary N) is 1. The SMILES string of the molecule is COCCSCc1ccc(C(C)C(=O)NN)cc1. The van der Waals surface area contributed by atoms with Crippen LogP contribution in [0.1, 0.15) is 24.0 Å². The van der Waals surface area contributed by atoms with Crippen LogP contribution in [0.2, 0.25) is 0 Å². The van der Waals surface area contributed by atoms with Gasteiger partial charge in [0.25, 0.3) is 0 Å². The van der Waals surface area contributed by atoms with Gasteiger partial charge in [0.2, 0.25) is 5.91 Å². The lowest BCUT2D eigenvalue weighted by atomic mass is 10.00. The van der Waals surface area contributed by atoms with Crippen molar-refractivity contribution in [3.8, 4) is 0 Å². The molecule has 1 amide bonds. The lowest BCUT2D eigenvalue weighted by Gasteiger charge is -2.10. The molecule has 1 unspecified atom stereocenters. The molecule has 0 aliphatic rings. The van der Waals surface area contributed by atoms with E-state index in [1.54, 1.807) is 7.11 Å². The Labute approximate surface area is 112 Å². The van der Waals surface area contributed by atoms with Gasteiger partial charge in [-0.3, -0.25) is 10.2 Å². The van der Waals surface area contributed by atoms with Gasteiger partial charge in [-0.25, -0.2) is 5.84 Å². The Hall–Kier alpha value is -1.04. The number of benzene rings is 1. The molecule has 0 heterocycles. The van der Waals surface area contributed by atoms with Crippen molar-refractivity contribution in [2.75, 3.05) is 19.5 Å². The molecule has 5 heteroatoms. The van der Waals surface area contributed by atoms with E-state index in [0.717, 1.165) is 23.7 Å². The van der Waals surface area contributed by atoms with E-state index in [9.17, 15) is 4.79 Å². The van der Waals surface area contributed by atoms with Gasteiger partial charge in [0, 0.05) is 18.6 Å². The Bertz CT molecular complexity index is 368. The minimum Gasteiger partial charge on any atom is -0.384 e. The fourth-order valence-corrected chi connectivity index (χ4v) is 2.37. The number of carbonyl (C=O) groups is 1. The van der Waals surface area contributed by atoms with Crippen LogP contribution in [0.3, 0.4) is 0 Å². The van der Waals surface area contributed by atoms with Crippen LogP contribution in [0, 0.1) is 0 Å². The molecule has 1 rings (SSSR count). The third-order valence-corrected chi connectivity index (χ3v) is 3.71. The molecule has 0 saturated heterocycles. The highest BCUT2D eigenvalue weighted by Gasteiger charge is 2.13. The first-order valence-corrected chi connectivity index (χ1v) is 7.00. The average Bonchev–Trinajstić information content (AvgIpc) is 2.42. The Morgan fingerprint density at radius 3 is 2.67 bits per heavy atom. The zero-order valence-electron chi connectivity index (χ0n) is 10.8. The van der Waals surface area contributed by atoms with Gasteiger partial charge in [-0.1, -0.05) is 24.3 Å². The van der Waals surface area contributed by atoms with Crippen LogP contribution in [0.15, 0.2) is 24.3 Å². The van der Waals surface area contributed by atoms with Gasteiger partial charge in [-0.05, 0) is 18.1 Å². The topological polar surface area (TPSA) is 64.3 Å². The number of hydrazine groups is 1. The molecule has 0 radical (unpaired) electrons. The van der Waals surface area contributed by atoms with Crippen LogP contribution in [-0.4, -0.2) is 25.4 Å². The second-order valence-electron chi connectivity index (χ2n) is 4.02. The third-order valence-electron chi connectivity index (χ3n) is 2.72. The second kappa shape index (κ2) is 8.13. The molecule has 1 aromatic rings. The van der Waals surface area contributed by atoms with Crippen LogP contribution in [-0.2, 0) is 15.3 Å². The quantitative estimate of drug-likeness (QED) is 0.342. The fraction of sp³-hybridized carbons (Fsp3) is 0.462. The molecule has 3 N–H and O–H groups in total. The summed E-state index contributed by atoms with van der Waals surface area (Å²) in [6.07, 6.45) is 0. The predicted molar refractivity (Wildman–Crippen MR) is 75.2 cm³/mol. The van der Waals surface area contributed by atoms with Gasteiger partial charge in [-0.2, -0.15) is 11.8 Å². The van der Waals surface area contributed by atoms with Crippen molar-refractivity contribution in [1.82, 2.24) is 5.43 Å². The van der Waals surface area contributed by atoms with Crippen molar-refractivity contribution < 1.29 is 9.53 Å². The molecule has 0 aliphatic heterocycles. The van der Waals surface area contributed by atoms with E-state index in [-0.39, 0.29) is 11.8 Å². The van der Waals surface area contributed by atoms with E-state index in [2.05, 4.69) is 17.6 Å². The minimum absolute atomic E-state index is 0.169. The summed E-state index contributed by atoms with van der Waals surface area (Å²) in [5.41, 5.74) is 4.39. The van der Waals surface area contributed by atoms with E-state index in [4.69, 9.17) is 10.6 Å². The van der Waals surface area contributed by atoms with Gasteiger partial charge in [0.05, 0.1) is 12.5 Å². The maximum atomic E-state index is 11.4. The van der Waals surface area contributed by atoms with E-state index in [1.807, 2.05) is 30.8 Å². The zero-order valence-corrected chi connectivity index (χ0v) is 11.6. The van der Waals surface area contributed by atoms with Crippen molar-refractivity contribution >= 4 is 17.7 Å². The van der Waals surface area contributed by atoms with Gasteiger partial charge in [0.1, 0.15) is 0 Å². The van der Waals surface area contributed by atoms with Crippen LogP contribution >= 0.6 is 11.8 Å². The number of ether oxygens (including phenoxy) is 1. The number of rotatable bonds is 7. The van der Waals surface area contributed by atoms with Gasteiger partial charge in [0.15, 0.2) is 0 Å². The fourth-order valence-electron chi connectivity index (χ4n) is 1.51. The summed E-state index contributed by atoms with van der Waals surface area (Å²) in [7, 11) is 1.71. The Morgan fingerprint density at radius 2 is 2.11 bits per heavy atom. The highest BCUT2D eigenvalue weighted by atomic mass is 32.2. The van der Waals surface area contributed by atoms with Gasteiger partial charge in [-0.15, -0.1) is 0 Å². The normalized spacial score (nSPS) is 12.2. The molecule has 0 spiro atoms. The predicted octanol–water partition coefficient (Wildman–Crippen LogP) is 1.66. The third kappa shape index (κ3) is 4.68. The van der Waals surface area contributed by atoms with Crippen LogP contribution in [0.4, 0.5) is 0 Å². The number of amides is 1. The van der Waals surface area contributed by atoms with Crippen molar-refractivity contribution in [3.63, 3.8) is 0 Å². The Morgan fingerprint density at radius 1 is 1.44 bits per heavy atom. The molecule has 1 atom stereocenters. The van der Waals surface area contributed by atoms with Crippen LogP contribution < -0.4 is 11.3 Å². The number of carbonyl (C=O) groups excluding carboxylic acids is 1. The van der Waals surface area contributed by atoms with Crippen molar-refractivity contribution in [2.24, 2.45) is 5.84 Å². The number of methoxy groups -OCH3 is 1. The lowest BCUT2D eigenvalue weighted by molar-refractivity contribution is -0.122. The van der Waals surface area contributed by atoms with E-state index in [1.165, 1.54) is 5.56 Å². The smallest absolute Gasteiger partial charge is 0.241 e. The lowest BCUT2D eigenvalue weighted by Crippen LogP contribution is -2.33. The standard InChI is InChI=1S/C13H20N2O2S/c1-10(13(16)15-14)12-5-3-11(4-6-12)9-18-8-7-17-2/h3-6,10H,7-9,14H2,1-2H3,(H,15,16). The maximum absolute atomic E-state index is 11.4. The van der Waals surface area contributed by atoms with Gasteiger partial charge < -0.3 is 4.74 Å². The monoisotopic (exact) mass is 268 g/mol. The first-order valence-electron chi connectivity index (χ1n) is 5.85. The summed E-state index contributed by atoms with van der Waals surface area (Å²) in [5.74, 6) is 6.68. The molecule has 100 valence electrons. The number of nitrogens with one attached hydrogen (secondary N) is 1. The average molecular weight is 268 g/mol. The van der Waals surface area contributed by atoms with Crippen molar-refractivity contribution in [1.29, 1.82) is 0 Å². The van der Waals surface area contributed by atoms with Crippen LogP contribution in [0.25, 0.3) is 0 Å². The first kappa shape index (κ1) is 15.0. The number of hydrogen-bond acceptors (Lipinski definition) is 4. The molecule has 1 aromatic carbocycles. The highest BCUT2D eigenvalue weighted by molar-refractivity contribution is 7.98. The highest BCUT2D eigenvalue weighted by Crippen LogP contribution is 2.18. The summed E-state index contributed by atoms with van der Waals surface area (Å²) >= 11 is 1.83. The van der Waals surface area contributed by atoms with E-state index in [0.29, 0.717) is 0 Å². The molecule has 0 bridgehead atoms. The van der Waals surface area contributed by atoms with E-state index >= 15 is 0 Å². The van der Waals surface area contributed by atoms with Crippen LogP contribution in [0.5, 0.6) is 0 Å². The molecule has 18 heavy (non-hydrogen) atoms. The Balaban J connectivity index is 2.49. The Kier molecular flexibility index (Phi) is 6.78. The molecular weight excluding hydrogens is 248 g/mol. The summed E-state index contributed by atoms with van der Waals surface area (Å²) in [6.45, 7) is 2.61. The molecule has 0 saturated carbocycles. The molecule has 0 fully saturated rings. The molecular formula is C13H20N2O2S. The number of thioether (sulfide) groups is 1. The van der Waals surface area contributed by atoms with Crippen molar-refractivity contribution in [2.45, 2.75) is 18.6 Å². The summed E-state index contributed by atoms with van der Waals surface area (Å²) < 4.78 is 4.99. The number of hydrogen-bond donors (Lipinski definition) is 2.